The lowest BCUT2D eigenvalue weighted by molar-refractivity contribution is 0.591. The van der Waals surface area contributed by atoms with Gasteiger partial charge in [0.05, 0.1) is 6.20 Å². The number of nitrogens with zero attached hydrogens (tertiary/aromatic N) is 2. The molecule has 4 nitrogen and oxygen atoms in total. The third kappa shape index (κ3) is 2.57. The number of rotatable bonds is 4. The van der Waals surface area contributed by atoms with E-state index in [1.807, 2.05) is 11.5 Å². The zero-order valence-corrected chi connectivity index (χ0v) is 10.6. The molecule has 0 saturated carbocycles. The van der Waals surface area contributed by atoms with Crippen LogP contribution in [0.25, 0.3) is 0 Å². The molecule has 0 bridgehead atoms. The van der Waals surface area contributed by atoms with Crippen molar-refractivity contribution >= 4 is 25.8 Å². The molecule has 0 aliphatic carbocycles. The van der Waals surface area contributed by atoms with Gasteiger partial charge in [0.1, 0.15) is 16.2 Å². The number of hydrogen-bond acceptors (Lipinski definition) is 3. The van der Waals surface area contributed by atoms with Gasteiger partial charge < -0.3 is 4.57 Å². The lowest BCUT2D eigenvalue weighted by Gasteiger charge is -2.05. The second kappa shape index (κ2) is 4.44. The molecular formula is C8H13BrN2O2S. The van der Waals surface area contributed by atoms with Crippen LogP contribution in [0, 0.1) is 0 Å². The third-order valence-electron chi connectivity index (χ3n) is 1.99. The number of imidazole rings is 1. The molecule has 0 N–H and O–H groups in total. The monoisotopic (exact) mass is 280 g/mol. The molecule has 6 heteroatoms. The average Bonchev–Trinajstić information content (AvgIpc) is 2.46. The second-order valence-electron chi connectivity index (χ2n) is 2.92. The summed E-state index contributed by atoms with van der Waals surface area (Å²) in [5, 5.41) is 0. The van der Waals surface area contributed by atoms with Crippen molar-refractivity contribution in [3.63, 3.8) is 0 Å². The molecule has 14 heavy (non-hydrogen) atoms. The number of halogens is 1. The third-order valence-corrected chi connectivity index (χ3v) is 4.21. The fourth-order valence-corrected chi connectivity index (χ4v) is 2.52. The zero-order chi connectivity index (χ0) is 10.8. The van der Waals surface area contributed by atoms with Gasteiger partial charge in [0.2, 0.25) is 0 Å². The molecule has 80 valence electrons. The van der Waals surface area contributed by atoms with E-state index in [1.165, 1.54) is 0 Å². The molecule has 0 spiro atoms. The highest BCUT2D eigenvalue weighted by atomic mass is 79.9. The topological polar surface area (TPSA) is 52.0 Å². The van der Waals surface area contributed by atoms with Crippen LogP contribution in [0.5, 0.6) is 0 Å². The van der Waals surface area contributed by atoms with Gasteiger partial charge in [-0.25, -0.2) is 13.4 Å². The van der Waals surface area contributed by atoms with Crippen molar-refractivity contribution in [1.82, 2.24) is 9.55 Å². The fraction of sp³-hybridized carbons (Fsp3) is 0.625. The number of hydrogen-bond donors (Lipinski definition) is 0. The molecule has 0 aromatic carbocycles. The van der Waals surface area contributed by atoms with Crippen LogP contribution in [0.4, 0.5) is 0 Å². The summed E-state index contributed by atoms with van der Waals surface area (Å²) in [5.41, 5.74) is 0. The van der Waals surface area contributed by atoms with Gasteiger partial charge in [0, 0.05) is 12.3 Å². The summed E-state index contributed by atoms with van der Waals surface area (Å²) in [7, 11) is -3.00. The molecule has 0 atom stereocenters. The Labute approximate surface area is 92.4 Å². The van der Waals surface area contributed by atoms with E-state index in [2.05, 4.69) is 20.9 Å². The van der Waals surface area contributed by atoms with E-state index in [0.717, 1.165) is 11.1 Å². The van der Waals surface area contributed by atoms with Crippen LogP contribution in [0.1, 0.15) is 19.7 Å². The molecule has 1 aromatic rings. The summed E-state index contributed by atoms with van der Waals surface area (Å²) in [6, 6.07) is 0. The highest BCUT2D eigenvalue weighted by molar-refractivity contribution is 9.10. The summed E-state index contributed by atoms with van der Waals surface area (Å²) in [4.78, 5) is 4.06. The van der Waals surface area contributed by atoms with E-state index < -0.39 is 9.84 Å². The Bertz CT molecular complexity index is 411. The first kappa shape index (κ1) is 11.7. The molecular weight excluding hydrogens is 268 g/mol. The van der Waals surface area contributed by atoms with Crippen LogP contribution < -0.4 is 0 Å². The zero-order valence-electron chi connectivity index (χ0n) is 8.20. The smallest absolute Gasteiger partial charge is 0.157 e. The first-order valence-corrected chi connectivity index (χ1v) is 7.02. The minimum absolute atomic E-state index is 0.0168. The first-order valence-electron chi connectivity index (χ1n) is 4.40. The summed E-state index contributed by atoms with van der Waals surface area (Å²) in [6.45, 7) is 4.31. The highest BCUT2D eigenvalue weighted by Crippen LogP contribution is 2.14. The lowest BCUT2D eigenvalue weighted by atomic mass is 10.6. The van der Waals surface area contributed by atoms with Crippen LogP contribution >= 0.6 is 15.9 Å². The SMILES string of the molecule is CCn1c(Br)cnc1CS(=O)(=O)CC. The van der Waals surface area contributed by atoms with Gasteiger partial charge in [-0.1, -0.05) is 6.92 Å². The van der Waals surface area contributed by atoms with E-state index in [1.54, 1.807) is 13.1 Å². The van der Waals surface area contributed by atoms with E-state index in [9.17, 15) is 8.42 Å². The summed E-state index contributed by atoms with van der Waals surface area (Å²) in [5.74, 6) is 0.769. The van der Waals surface area contributed by atoms with Crippen molar-refractivity contribution < 1.29 is 8.42 Å². The van der Waals surface area contributed by atoms with Crippen LogP contribution in [-0.2, 0) is 22.1 Å². The lowest BCUT2D eigenvalue weighted by Crippen LogP contribution is -2.12. The predicted molar refractivity (Wildman–Crippen MR) is 58.8 cm³/mol. The second-order valence-corrected chi connectivity index (χ2v) is 6.08. The molecule has 1 aromatic heterocycles. The van der Waals surface area contributed by atoms with Gasteiger partial charge in [0.15, 0.2) is 9.84 Å². The van der Waals surface area contributed by atoms with Gasteiger partial charge in [-0.15, -0.1) is 0 Å². The van der Waals surface area contributed by atoms with Crippen LogP contribution in [0.3, 0.4) is 0 Å². The van der Waals surface area contributed by atoms with Gasteiger partial charge in [-0.05, 0) is 22.9 Å². The van der Waals surface area contributed by atoms with Crippen molar-refractivity contribution in [3.8, 4) is 0 Å². The first-order chi connectivity index (χ1) is 6.50. The van der Waals surface area contributed by atoms with Gasteiger partial charge in [0.25, 0.3) is 0 Å². The Morgan fingerprint density at radius 3 is 2.64 bits per heavy atom. The summed E-state index contributed by atoms with van der Waals surface area (Å²) >= 11 is 3.31. The van der Waals surface area contributed by atoms with Crippen molar-refractivity contribution in [1.29, 1.82) is 0 Å². The quantitative estimate of drug-likeness (QED) is 0.842. The van der Waals surface area contributed by atoms with Crippen molar-refractivity contribution in [2.75, 3.05) is 5.75 Å². The molecule has 1 rings (SSSR count). The molecule has 0 fully saturated rings. The molecule has 0 aliphatic heterocycles. The number of sulfone groups is 1. The number of aromatic nitrogens is 2. The maximum atomic E-state index is 11.4. The van der Waals surface area contributed by atoms with Crippen molar-refractivity contribution in [2.45, 2.75) is 26.1 Å². The standard InChI is InChI=1S/C8H13BrN2O2S/c1-3-11-7(9)5-10-8(11)6-14(12,13)4-2/h5H,3-4,6H2,1-2H3. The normalized spacial score (nSPS) is 11.9. The Morgan fingerprint density at radius 2 is 2.14 bits per heavy atom. The van der Waals surface area contributed by atoms with Gasteiger partial charge in [-0.3, -0.25) is 0 Å². The van der Waals surface area contributed by atoms with Gasteiger partial charge in [-0.2, -0.15) is 0 Å². The highest BCUT2D eigenvalue weighted by Gasteiger charge is 2.14. The van der Waals surface area contributed by atoms with Crippen LogP contribution in [0.2, 0.25) is 0 Å². The Morgan fingerprint density at radius 1 is 1.50 bits per heavy atom. The van der Waals surface area contributed by atoms with Crippen LogP contribution in [0.15, 0.2) is 10.8 Å². The van der Waals surface area contributed by atoms with Crippen LogP contribution in [-0.4, -0.2) is 23.7 Å². The van der Waals surface area contributed by atoms with E-state index >= 15 is 0 Å². The largest absolute Gasteiger partial charge is 0.322 e. The predicted octanol–water partition coefficient (Wildman–Crippen LogP) is 1.60. The van der Waals surface area contributed by atoms with E-state index in [4.69, 9.17) is 0 Å². The Kier molecular flexibility index (Phi) is 3.71. The molecule has 0 unspecified atom stereocenters. The Hall–Kier alpha value is -0.360. The molecule has 0 amide bonds. The fourth-order valence-electron chi connectivity index (χ4n) is 1.14. The summed E-state index contributed by atoms with van der Waals surface area (Å²) < 4.78 is 25.4. The van der Waals surface area contributed by atoms with Gasteiger partial charge >= 0.3 is 0 Å². The van der Waals surface area contributed by atoms with E-state index in [-0.39, 0.29) is 11.5 Å². The van der Waals surface area contributed by atoms with Crippen molar-refractivity contribution in [3.05, 3.63) is 16.6 Å². The summed E-state index contributed by atoms with van der Waals surface area (Å²) in [6.07, 6.45) is 1.63. The minimum Gasteiger partial charge on any atom is -0.322 e. The molecule has 0 radical (unpaired) electrons. The molecule has 0 aliphatic rings. The average molecular weight is 281 g/mol. The minimum atomic E-state index is -3.00. The van der Waals surface area contributed by atoms with E-state index in [0.29, 0.717) is 5.82 Å². The molecule has 1 heterocycles. The Balaban J connectivity index is 2.98. The maximum Gasteiger partial charge on any atom is 0.157 e. The van der Waals surface area contributed by atoms with Crippen molar-refractivity contribution in [2.24, 2.45) is 0 Å². The maximum absolute atomic E-state index is 11.4. The molecule has 0 saturated heterocycles.